The quantitative estimate of drug-likeness (QED) is 0.861. The Morgan fingerprint density at radius 2 is 2.29 bits per heavy atom. The molecular formula is C9H11BrFNO2. The van der Waals surface area contributed by atoms with Crippen LogP contribution in [0, 0.1) is 5.82 Å². The molecule has 0 heterocycles. The highest BCUT2D eigenvalue weighted by atomic mass is 79.9. The fraction of sp³-hybridized carbons (Fsp3) is 0.333. The molecule has 0 radical (unpaired) electrons. The minimum atomic E-state index is -0.702. The number of aliphatic hydroxyl groups excluding tert-OH is 1. The summed E-state index contributed by atoms with van der Waals surface area (Å²) in [6.07, 6.45) is -0.702. The molecule has 3 nitrogen and oxygen atoms in total. The molecule has 0 amide bonds. The van der Waals surface area contributed by atoms with Crippen LogP contribution < -0.4 is 10.5 Å². The first-order chi connectivity index (χ1) is 6.63. The van der Waals surface area contributed by atoms with Crippen LogP contribution in [0.15, 0.2) is 22.7 Å². The Morgan fingerprint density at radius 3 is 2.86 bits per heavy atom. The summed E-state index contributed by atoms with van der Waals surface area (Å²) in [5, 5.41) is 9.13. The van der Waals surface area contributed by atoms with Crippen LogP contribution in [0.1, 0.15) is 0 Å². The van der Waals surface area contributed by atoms with Gasteiger partial charge in [-0.3, -0.25) is 0 Å². The maximum Gasteiger partial charge on any atom is 0.133 e. The first-order valence-corrected chi connectivity index (χ1v) is 4.88. The zero-order chi connectivity index (χ0) is 10.6. The van der Waals surface area contributed by atoms with E-state index in [4.69, 9.17) is 15.6 Å². The van der Waals surface area contributed by atoms with Gasteiger partial charge in [-0.25, -0.2) is 4.39 Å². The molecule has 3 N–H and O–H groups in total. The standard InChI is InChI=1S/C9H11BrFNO2/c10-8-3-6(11)1-2-9(8)14-5-7(13)4-12/h1-3,7,13H,4-5,12H2/t7-/m1/s1. The monoisotopic (exact) mass is 263 g/mol. The van der Waals surface area contributed by atoms with Crippen molar-refractivity contribution in [2.24, 2.45) is 5.73 Å². The smallest absolute Gasteiger partial charge is 0.133 e. The third kappa shape index (κ3) is 3.25. The highest BCUT2D eigenvalue weighted by Crippen LogP contribution is 2.25. The molecule has 0 bridgehead atoms. The molecule has 1 aromatic carbocycles. The molecule has 1 rings (SSSR count). The lowest BCUT2D eigenvalue weighted by molar-refractivity contribution is 0.113. The van der Waals surface area contributed by atoms with Gasteiger partial charge in [-0.15, -0.1) is 0 Å². The molecule has 0 aromatic heterocycles. The van der Waals surface area contributed by atoms with Gasteiger partial charge >= 0.3 is 0 Å². The molecular weight excluding hydrogens is 253 g/mol. The van der Waals surface area contributed by atoms with Gasteiger partial charge in [0.05, 0.1) is 4.47 Å². The number of rotatable bonds is 4. The van der Waals surface area contributed by atoms with E-state index >= 15 is 0 Å². The second-order valence-electron chi connectivity index (χ2n) is 2.78. The van der Waals surface area contributed by atoms with Crippen LogP contribution in [-0.2, 0) is 0 Å². The summed E-state index contributed by atoms with van der Waals surface area (Å²) in [6, 6.07) is 4.07. The summed E-state index contributed by atoms with van der Waals surface area (Å²) in [6.45, 7) is 0.236. The van der Waals surface area contributed by atoms with Crippen LogP contribution in [0.2, 0.25) is 0 Å². The summed E-state index contributed by atoms with van der Waals surface area (Å²) < 4.78 is 18.4. The lowest BCUT2D eigenvalue weighted by atomic mass is 10.3. The van der Waals surface area contributed by atoms with Crippen LogP contribution in [0.25, 0.3) is 0 Å². The molecule has 0 spiro atoms. The van der Waals surface area contributed by atoms with Crippen molar-refractivity contribution in [2.75, 3.05) is 13.2 Å². The van der Waals surface area contributed by atoms with Crippen LogP contribution >= 0.6 is 15.9 Å². The number of benzene rings is 1. The van der Waals surface area contributed by atoms with Gasteiger partial charge in [0.25, 0.3) is 0 Å². The fourth-order valence-electron chi connectivity index (χ4n) is 0.846. The molecule has 0 aliphatic rings. The first-order valence-electron chi connectivity index (χ1n) is 4.09. The fourth-order valence-corrected chi connectivity index (χ4v) is 1.31. The Hall–Kier alpha value is -0.650. The van der Waals surface area contributed by atoms with Crippen LogP contribution in [0.3, 0.4) is 0 Å². The molecule has 0 unspecified atom stereocenters. The second-order valence-corrected chi connectivity index (χ2v) is 3.63. The summed E-state index contributed by atoms with van der Waals surface area (Å²) in [5.41, 5.74) is 5.20. The van der Waals surface area contributed by atoms with Crippen molar-refractivity contribution in [1.82, 2.24) is 0 Å². The Bertz CT molecular complexity index is 309. The predicted molar refractivity (Wildman–Crippen MR) is 54.7 cm³/mol. The van der Waals surface area contributed by atoms with Gasteiger partial charge in [0, 0.05) is 6.54 Å². The van der Waals surface area contributed by atoms with Crippen molar-refractivity contribution in [1.29, 1.82) is 0 Å². The van der Waals surface area contributed by atoms with Crippen molar-refractivity contribution in [2.45, 2.75) is 6.10 Å². The topological polar surface area (TPSA) is 55.5 Å². The lowest BCUT2D eigenvalue weighted by Gasteiger charge is -2.11. The molecule has 14 heavy (non-hydrogen) atoms. The highest BCUT2D eigenvalue weighted by Gasteiger charge is 2.05. The van der Waals surface area contributed by atoms with Crippen LogP contribution in [0.5, 0.6) is 5.75 Å². The van der Waals surface area contributed by atoms with Gasteiger partial charge in [-0.1, -0.05) is 0 Å². The summed E-state index contributed by atoms with van der Waals surface area (Å²) in [4.78, 5) is 0. The molecule has 1 aromatic rings. The average Bonchev–Trinajstić information content (AvgIpc) is 2.16. The van der Waals surface area contributed by atoms with E-state index in [0.717, 1.165) is 0 Å². The van der Waals surface area contributed by atoms with Crippen LogP contribution in [0.4, 0.5) is 4.39 Å². The predicted octanol–water partition coefficient (Wildman–Crippen LogP) is 1.29. The van der Waals surface area contributed by atoms with E-state index in [0.29, 0.717) is 10.2 Å². The Labute approximate surface area is 89.8 Å². The summed E-state index contributed by atoms with van der Waals surface area (Å²) >= 11 is 3.14. The molecule has 5 heteroatoms. The zero-order valence-corrected chi connectivity index (χ0v) is 9.00. The minimum Gasteiger partial charge on any atom is -0.490 e. The number of hydrogen-bond acceptors (Lipinski definition) is 3. The van der Waals surface area contributed by atoms with E-state index < -0.39 is 6.10 Å². The summed E-state index contributed by atoms with van der Waals surface area (Å²) in [5.74, 6) is 0.141. The average molecular weight is 264 g/mol. The summed E-state index contributed by atoms with van der Waals surface area (Å²) in [7, 11) is 0. The first kappa shape index (κ1) is 11.4. The van der Waals surface area contributed by atoms with Gasteiger partial charge < -0.3 is 15.6 Å². The largest absolute Gasteiger partial charge is 0.490 e. The van der Waals surface area contributed by atoms with E-state index in [1.54, 1.807) is 0 Å². The normalized spacial score (nSPS) is 12.6. The Kier molecular flexibility index (Phi) is 4.31. The third-order valence-corrected chi connectivity index (χ3v) is 2.22. The lowest BCUT2D eigenvalue weighted by Crippen LogP contribution is -2.26. The van der Waals surface area contributed by atoms with Crippen molar-refractivity contribution in [3.8, 4) is 5.75 Å². The minimum absolute atomic E-state index is 0.0979. The molecule has 78 valence electrons. The van der Waals surface area contributed by atoms with Gasteiger partial charge in [0.2, 0.25) is 0 Å². The number of ether oxygens (including phenoxy) is 1. The molecule has 0 aliphatic heterocycles. The van der Waals surface area contributed by atoms with Crippen LogP contribution in [-0.4, -0.2) is 24.4 Å². The van der Waals surface area contributed by atoms with Gasteiger partial charge in [0.1, 0.15) is 24.3 Å². The Balaban J connectivity index is 2.59. The molecule has 0 aliphatic carbocycles. The van der Waals surface area contributed by atoms with Gasteiger partial charge in [-0.2, -0.15) is 0 Å². The Morgan fingerprint density at radius 1 is 1.57 bits per heavy atom. The van der Waals surface area contributed by atoms with E-state index in [9.17, 15) is 4.39 Å². The SMILES string of the molecule is NC[C@@H](O)COc1ccc(F)cc1Br. The molecule has 0 saturated carbocycles. The maximum absolute atomic E-state index is 12.7. The van der Waals surface area contributed by atoms with Gasteiger partial charge in [-0.05, 0) is 34.1 Å². The zero-order valence-electron chi connectivity index (χ0n) is 7.41. The van der Waals surface area contributed by atoms with Crippen molar-refractivity contribution in [3.63, 3.8) is 0 Å². The van der Waals surface area contributed by atoms with E-state index in [-0.39, 0.29) is 19.0 Å². The maximum atomic E-state index is 12.7. The van der Waals surface area contributed by atoms with E-state index in [2.05, 4.69) is 15.9 Å². The molecule has 0 saturated heterocycles. The molecule has 0 fully saturated rings. The third-order valence-electron chi connectivity index (χ3n) is 1.60. The second kappa shape index (κ2) is 5.29. The highest BCUT2D eigenvalue weighted by molar-refractivity contribution is 9.10. The van der Waals surface area contributed by atoms with Gasteiger partial charge in [0.15, 0.2) is 0 Å². The van der Waals surface area contributed by atoms with E-state index in [1.165, 1.54) is 18.2 Å². The van der Waals surface area contributed by atoms with Crippen molar-refractivity contribution < 1.29 is 14.2 Å². The van der Waals surface area contributed by atoms with E-state index in [1.807, 2.05) is 0 Å². The van der Waals surface area contributed by atoms with Crippen molar-refractivity contribution in [3.05, 3.63) is 28.5 Å². The molecule has 1 atom stereocenters. The number of hydrogen-bond donors (Lipinski definition) is 2. The van der Waals surface area contributed by atoms with Crippen molar-refractivity contribution >= 4 is 15.9 Å². The number of nitrogens with two attached hydrogens (primary N) is 1. The number of halogens is 2. The number of aliphatic hydroxyl groups is 1.